The SMILES string of the molecule is CCCCCCCCCCCCCCCCCC(=O)OCN1C(=O)c2cccc3cccc1c23. The Morgan fingerprint density at radius 1 is 0.735 bits per heavy atom. The van der Waals surface area contributed by atoms with Gasteiger partial charge in [-0.05, 0) is 23.9 Å². The number of unbranched alkanes of at least 4 members (excludes halogenated alkanes) is 14. The van der Waals surface area contributed by atoms with E-state index < -0.39 is 0 Å². The molecule has 0 fully saturated rings. The predicted molar refractivity (Wildman–Crippen MR) is 141 cm³/mol. The highest BCUT2D eigenvalue weighted by molar-refractivity contribution is 6.24. The molecule has 0 bridgehead atoms. The lowest BCUT2D eigenvalue weighted by Gasteiger charge is -2.17. The number of amides is 1. The van der Waals surface area contributed by atoms with Crippen molar-refractivity contribution in [1.82, 2.24) is 0 Å². The number of rotatable bonds is 18. The molecule has 2 aromatic carbocycles. The van der Waals surface area contributed by atoms with Crippen molar-refractivity contribution < 1.29 is 14.3 Å². The Morgan fingerprint density at radius 3 is 1.85 bits per heavy atom. The highest BCUT2D eigenvalue weighted by Crippen LogP contribution is 2.36. The summed E-state index contributed by atoms with van der Waals surface area (Å²) in [5.41, 5.74) is 1.52. The second-order valence-electron chi connectivity index (χ2n) is 9.76. The van der Waals surface area contributed by atoms with Crippen molar-refractivity contribution in [3.63, 3.8) is 0 Å². The maximum Gasteiger partial charge on any atom is 0.307 e. The zero-order valence-corrected chi connectivity index (χ0v) is 21.2. The summed E-state index contributed by atoms with van der Waals surface area (Å²) in [7, 11) is 0. The Kier molecular flexibility index (Phi) is 11.4. The second kappa shape index (κ2) is 14.8. The molecule has 0 saturated heterocycles. The highest BCUT2D eigenvalue weighted by Gasteiger charge is 2.30. The van der Waals surface area contributed by atoms with E-state index in [1.165, 1.54) is 83.5 Å². The summed E-state index contributed by atoms with van der Waals surface area (Å²) in [4.78, 5) is 26.5. The van der Waals surface area contributed by atoms with Crippen molar-refractivity contribution in [2.45, 2.75) is 110 Å². The van der Waals surface area contributed by atoms with Gasteiger partial charge in [-0.2, -0.15) is 0 Å². The summed E-state index contributed by atoms with van der Waals surface area (Å²) in [6, 6.07) is 11.6. The number of hydrogen-bond acceptors (Lipinski definition) is 3. The van der Waals surface area contributed by atoms with Crippen LogP contribution in [0.25, 0.3) is 10.8 Å². The van der Waals surface area contributed by atoms with Crippen LogP contribution in [0.3, 0.4) is 0 Å². The van der Waals surface area contributed by atoms with E-state index in [0.29, 0.717) is 12.0 Å². The van der Waals surface area contributed by atoms with Gasteiger partial charge in [-0.15, -0.1) is 0 Å². The summed E-state index contributed by atoms with van der Waals surface area (Å²) in [6.07, 6.45) is 20.0. The van der Waals surface area contributed by atoms with Crippen LogP contribution in [0.5, 0.6) is 0 Å². The van der Waals surface area contributed by atoms with E-state index in [0.717, 1.165) is 29.3 Å². The first-order valence-electron chi connectivity index (χ1n) is 13.7. The number of esters is 1. The molecule has 1 aliphatic rings. The fraction of sp³-hybridized carbons (Fsp3) is 0.600. The first kappa shape index (κ1) is 26.2. The Hall–Kier alpha value is -2.36. The fourth-order valence-electron chi connectivity index (χ4n) is 4.96. The van der Waals surface area contributed by atoms with E-state index in [4.69, 9.17) is 4.74 Å². The third-order valence-corrected chi connectivity index (χ3v) is 6.99. The van der Waals surface area contributed by atoms with Gasteiger partial charge < -0.3 is 4.74 Å². The van der Waals surface area contributed by atoms with Crippen molar-refractivity contribution in [3.8, 4) is 0 Å². The average Bonchev–Trinajstić information content (AvgIpc) is 3.13. The number of carbonyl (C=O) groups excluding carboxylic acids is 2. The maximum absolute atomic E-state index is 12.7. The molecule has 0 aromatic heterocycles. The summed E-state index contributed by atoms with van der Waals surface area (Å²) < 4.78 is 5.44. The molecule has 1 aliphatic heterocycles. The minimum Gasteiger partial charge on any atom is -0.444 e. The lowest BCUT2D eigenvalue weighted by molar-refractivity contribution is -0.143. The van der Waals surface area contributed by atoms with Gasteiger partial charge in [-0.1, -0.05) is 121 Å². The quantitative estimate of drug-likeness (QED) is 0.164. The minimum atomic E-state index is -0.217. The monoisotopic (exact) mass is 465 g/mol. The predicted octanol–water partition coefficient (Wildman–Crippen LogP) is 8.56. The molecular weight excluding hydrogens is 422 g/mol. The molecule has 4 nitrogen and oxygen atoms in total. The van der Waals surface area contributed by atoms with Gasteiger partial charge in [0.15, 0.2) is 6.73 Å². The number of hydrogen-bond donors (Lipinski definition) is 0. The lowest BCUT2D eigenvalue weighted by Crippen LogP contribution is -2.30. The van der Waals surface area contributed by atoms with Gasteiger partial charge in [0.2, 0.25) is 0 Å². The molecule has 0 aliphatic carbocycles. The Labute approximate surface area is 206 Å². The molecule has 0 saturated carbocycles. The van der Waals surface area contributed by atoms with Crippen LogP contribution >= 0.6 is 0 Å². The smallest absolute Gasteiger partial charge is 0.307 e. The van der Waals surface area contributed by atoms with Crippen LogP contribution in [0.15, 0.2) is 36.4 Å². The normalized spacial score (nSPS) is 12.6. The van der Waals surface area contributed by atoms with Crippen molar-refractivity contribution in [1.29, 1.82) is 0 Å². The van der Waals surface area contributed by atoms with Crippen LogP contribution in [0.4, 0.5) is 5.69 Å². The zero-order valence-electron chi connectivity index (χ0n) is 21.2. The standard InChI is InChI=1S/C30H43NO3/c1-2-3-4-5-6-7-8-9-10-11-12-13-14-15-16-23-28(32)34-24-31-27-22-18-20-25-19-17-21-26(29(25)27)30(31)33/h17-22H,2-16,23-24H2,1H3. The van der Waals surface area contributed by atoms with Crippen LogP contribution in [0.2, 0.25) is 0 Å². The van der Waals surface area contributed by atoms with Crippen molar-refractivity contribution in [2.24, 2.45) is 0 Å². The largest absolute Gasteiger partial charge is 0.444 e. The first-order valence-corrected chi connectivity index (χ1v) is 13.7. The molecule has 4 heteroatoms. The molecule has 0 N–H and O–H groups in total. The second-order valence-corrected chi connectivity index (χ2v) is 9.76. The number of carbonyl (C=O) groups is 2. The minimum absolute atomic E-state index is 0.00972. The molecule has 2 aromatic rings. The van der Waals surface area contributed by atoms with Crippen LogP contribution in [-0.4, -0.2) is 18.6 Å². The van der Waals surface area contributed by atoms with Crippen molar-refractivity contribution in [3.05, 3.63) is 42.0 Å². The molecular formula is C30H43NO3. The number of ether oxygens (including phenoxy) is 1. The molecule has 0 radical (unpaired) electrons. The van der Waals surface area contributed by atoms with Crippen LogP contribution in [-0.2, 0) is 9.53 Å². The number of benzene rings is 2. The topological polar surface area (TPSA) is 46.6 Å². The van der Waals surface area contributed by atoms with Gasteiger partial charge in [0.1, 0.15) is 0 Å². The van der Waals surface area contributed by atoms with Crippen molar-refractivity contribution >= 4 is 28.3 Å². The Bertz CT molecular complexity index is 902. The van der Waals surface area contributed by atoms with E-state index in [-0.39, 0.29) is 18.6 Å². The third kappa shape index (κ3) is 7.85. The molecule has 0 unspecified atom stereocenters. The lowest BCUT2D eigenvalue weighted by atomic mass is 10.0. The van der Waals surface area contributed by atoms with Crippen molar-refractivity contribution in [2.75, 3.05) is 11.6 Å². The van der Waals surface area contributed by atoms with E-state index in [1.807, 2.05) is 36.4 Å². The fourth-order valence-corrected chi connectivity index (χ4v) is 4.96. The number of anilines is 1. The van der Waals surface area contributed by atoms with E-state index in [2.05, 4.69) is 6.92 Å². The summed E-state index contributed by atoms with van der Waals surface area (Å²) in [5, 5.41) is 1.99. The highest BCUT2D eigenvalue weighted by atomic mass is 16.5. The summed E-state index contributed by atoms with van der Waals surface area (Å²) >= 11 is 0. The van der Waals surface area contributed by atoms with E-state index in [9.17, 15) is 9.59 Å². The molecule has 34 heavy (non-hydrogen) atoms. The van der Waals surface area contributed by atoms with Crippen LogP contribution < -0.4 is 4.90 Å². The van der Waals surface area contributed by atoms with E-state index >= 15 is 0 Å². The van der Waals surface area contributed by atoms with Gasteiger partial charge in [-0.25, -0.2) is 0 Å². The zero-order chi connectivity index (χ0) is 24.0. The Balaban J connectivity index is 1.18. The molecule has 1 heterocycles. The van der Waals surface area contributed by atoms with Crippen LogP contribution in [0.1, 0.15) is 120 Å². The van der Waals surface area contributed by atoms with Gasteiger partial charge in [0, 0.05) is 17.4 Å². The molecule has 0 spiro atoms. The molecule has 186 valence electrons. The van der Waals surface area contributed by atoms with Crippen LogP contribution in [0, 0.1) is 0 Å². The van der Waals surface area contributed by atoms with Gasteiger partial charge >= 0.3 is 5.97 Å². The summed E-state index contributed by atoms with van der Waals surface area (Å²) in [6.45, 7) is 2.26. The molecule has 0 atom stereocenters. The van der Waals surface area contributed by atoms with Gasteiger partial charge in [0.25, 0.3) is 5.91 Å². The van der Waals surface area contributed by atoms with Gasteiger partial charge in [-0.3, -0.25) is 14.5 Å². The Morgan fingerprint density at radius 2 is 1.26 bits per heavy atom. The van der Waals surface area contributed by atoms with E-state index in [1.54, 1.807) is 4.90 Å². The average molecular weight is 466 g/mol. The van der Waals surface area contributed by atoms with Gasteiger partial charge in [0.05, 0.1) is 5.69 Å². The number of nitrogens with zero attached hydrogens (tertiary/aromatic N) is 1. The maximum atomic E-state index is 12.7. The summed E-state index contributed by atoms with van der Waals surface area (Å²) in [5.74, 6) is -0.308. The molecule has 3 rings (SSSR count). The molecule has 1 amide bonds. The third-order valence-electron chi connectivity index (χ3n) is 6.99. The first-order chi connectivity index (χ1) is 16.7.